The number of rotatable bonds is 3. The molecule has 0 radical (unpaired) electrons. The molecule has 0 aliphatic carbocycles. The molecule has 0 unspecified atom stereocenters. The summed E-state index contributed by atoms with van der Waals surface area (Å²) in [6, 6.07) is 8.87. The predicted octanol–water partition coefficient (Wildman–Crippen LogP) is 5.56. The highest BCUT2D eigenvalue weighted by molar-refractivity contribution is 7.21. The number of amides is 1. The summed E-state index contributed by atoms with van der Waals surface area (Å²) >= 11 is 13.5. The average Bonchev–Trinajstić information content (AvgIpc) is 2.87. The summed E-state index contributed by atoms with van der Waals surface area (Å²) in [7, 11) is 0. The molecule has 124 valence electrons. The van der Waals surface area contributed by atoms with Crippen LogP contribution in [0.2, 0.25) is 10.0 Å². The Bertz CT molecular complexity index is 917. The molecule has 1 amide bonds. The van der Waals surface area contributed by atoms with Gasteiger partial charge in [0.1, 0.15) is 9.71 Å². The van der Waals surface area contributed by atoms with Crippen molar-refractivity contribution in [1.29, 1.82) is 0 Å². The van der Waals surface area contributed by atoms with Gasteiger partial charge in [-0.1, -0.05) is 43.1 Å². The molecule has 0 spiro atoms. The molecule has 0 aliphatic rings. The van der Waals surface area contributed by atoms with Crippen molar-refractivity contribution < 1.29 is 4.79 Å². The number of para-hydroxylation sites is 1. The molecule has 0 fully saturated rings. The first-order valence-electron chi connectivity index (χ1n) is 7.32. The lowest BCUT2D eigenvalue weighted by Crippen LogP contribution is -2.12. The standard InChI is InChI=1S/C17H15Cl2N3OS/c1-8(2)12-7-6-9-13(20)15(24-17(9)21-12)16(23)22-14-10(18)4-3-5-11(14)19/h3-8H,20H2,1-2H3,(H,22,23). The molecule has 24 heavy (non-hydrogen) atoms. The Balaban J connectivity index is 1.99. The predicted molar refractivity (Wildman–Crippen MR) is 103 cm³/mol. The maximum absolute atomic E-state index is 12.6. The molecular weight excluding hydrogens is 365 g/mol. The van der Waals surface area contributed by atoms with Crippen molar-refractivity contribution in [1.82, 2.24) is 4.98 Å². The van der Waals surface area contributed by atoms with E-state index in [1.807, 2.05) is 12.1 Å². The number of carbonyl (C=O) groups is 1. The van der Waals surface area contributed by atoms with E-state index in [9.17, 15) is 4.79 Å². The number of pyridine rings is 1. The third kappa shape index (κ3) is 3.07. The highest BCUT2D eigenvalue weighted by Crippen LogP contribution is 2.35. The zero-order valence-electron chi connectivity index (χ0n) is 13.1. The Hall–Kier alpha value is -1.82. The van der Waals surface area contributed by atoms with Crippen molar-refractivity contribution in [3.63, 3.8) is 0 Å². The summed E-state index contributed by atoms with van der Waals surface area (Å²) < 4.78 is 0. The van der Waals surface area contributed by atoms with Crippen LogP contribution in [-0.2, 0) is 0 Å². The molecule has 0 saturated carbocycles. The van der Waals surface area contributed by atoms with Gasteiger partial charge >= 0.3 is 0 Å². The third-order valence-corrected chi connectivity index (χ3v) is 5.36. The van der Waals surface area contributed by atoms with Crippen molar-refractivity contribution in [2.45, 2.75) is 19.8 Å². The number of fused-ring (bicyclic) bond motifs is 1. The van der Waals surface area contributed by atoms with E-state index in [1.54, 1.807) is 18.2 Å². The first-order chi connectivity index (χ1) is 11.4. The van der Waals surface area contributed by atoms with Gasteiger partial charge in [-0.3, -0.25) is 4.79 Å². The minimum atomic E-state index is -0.350. The van der Waals surface area contributed by atoms with Crippen molar-refractivity contribution >= 4 is 62.0 Å². The first-order valence-corrected chi connectivity index (χ1v) is 8.90. The number of hydrogen-bond donors (Lipinski definition) is 2. The van der Waals surface area contributed by atoms with E-state index in [1.165, 1.54) is 11.3 Å². The lowest BCUT2D eigenvalue weighted by Gasteiger charge is -2.08. The lowest BCUT2D eigenvalue weighted by atomic mass is 10.1. The number of thiophene rings is 1. The van der Waals surface area contributed by atoms with E-state index in [4.69, 9.17) is 28.9 Å². The summed E-state index contributed by atoms with van der Waals surface area (Å²) in [5, 5.41) is 4.25. The number of hydrogen-bond acceptors (Lipinski definition) is 4. The van der Waals surface area contributed by atoms with Gasteiger partial charge in [0.05, 0.1) is 21.4 Å². The first kappa shape index (κ1) is 17.0. The van der Waals surface area contributed by atoms with Crippen LogP contribution in [0, 0.1) is 0 Å². The number of nitrogens with zero attached hydrogens (tertiary/aromatic N) is 1. The van der Waals surface area contributed by atoms with E-state index in [0.29, 0.717) is 32.2 Å². The van der Waals surface area contributed by atoms with Gasteiger partial charge in [0.2, 0.25) is 0 Å². The second-order valence-corrected chi connectivity index (χ2v) is 7.45. The lowest BCUT2D eigenvalue weighted by molar-refractivity contribution is 0.103. The monoisotopic (exact) mass is 379 g/mol. The number of nitrogens with two attached hydrogens (primary N) is 1. The number of nitrogens with one attached hydrogen (secondary N) is 1. The number of nitrogen functional groups attached to an aromatic ring is 1. The molecule has 3 aromatic rings. The summed E-state index contributed by atoms with van der Waals surface area (Å²) in [5.74, 6) is -0.0477. The van der Waals surface area contributed by atoms with Crippen LogP contribution in [0.4, 0.5) is 11.4 Å². The number of benzene rings is 1. The van der Waals surface area contributed by atoms with Crippen LogP contribution in [-0.4, -0.2) is 10.9 Å². The zero-order chi connectivity index (χ0) is 17.4. The maximum Gasteiger partial charge on any atom is 0.268 e. The van der Waals surface area contributed by atoms with Crippen LogP contribution in [0.25, 0.3) is 10.2 Å². The van der Waals surface area contributed by atoms with E-state index >= 15 is 0 Å². The summed E-state index contributed by atoms with van der Waals surface area (Å²) in [4.78, 5) is 18.3. The Kier molecular flexibility index (Phi) is 4.67. The van der Waals surface area contributed by atoms with Crippen LogP contribution in [0.1, 0.15) is 35.1 Å². The fraction of sp³-hybridized carbons (Fsp3) is 0.176. The molecule has 0 atom stereocenters. The Morgan fingerprint density at radius 2 is 1.88 bits per heavy atom. The number of carbonyl (C=O) groups excluding carboxylic acids is 1. The van der Waals surface area contributed by atoms with Gasteiger partial charge in [-0.25, -0.2) is 4.98 Å². The Morgan fingerprint density at radius 3 is 2.50 bits per heavy atom. The maximum atomic E-state index is 12.6. The molecule has 0 aliphatic heterocycles. The van der Waals surface area contributed by atoms with Gasteiger partial charge in [-0.15, -0.1) is 11.3 Å². The van der Waals surface area contributed by atoms with Crippen LogP contribution < -0.4 is 11.1 Å². The largest absolute Gasteiger partial charge is 0.397 e. The van der Waals surface area contributed by atoms with Crippen molar-refractivity contribution in [2.75, 3.05) is 11.1 Å². The molecule has 3 N–H and O–H groups in total. The van der Waals surface area contributed by atoms with Gasteiger partial charge in [-0.05, 0) is 30.2 Å². The topological polar surface area (TPSA) is 68.0 Å². The van der Waals surface area contributed by atoms with E-state index in [-0.39, 0.29) is 5.91 Å². The minimum absolute atomic E-state index is 0.303. The van der Waals surface area contributed by atoms with Gasteiger partial charge in [0.15, 0.2) is 0 Å². The quantitative estimate of drug-likeness (QED) is 0.625. The third-order valence-electron chi connectivity index (χ3n) is 3.61. The minimum Gasteiger partial charge on any atom is -0.397 e. The number of halogens is 2. The molecular formula is C17H15Cl2N3OS. The van der Waals surface area contributed by atoms with Crippen molar-refractivity contribution in [3.05, 3.63) is 50.9 Å². The summed E-state index contributed by atoms with van der Waals surface area (Å²) in [6.45, 7) is 4.14. The number of aromatic nitrogens is 1. The van der Waals surface area contributed by atoms with Gasteiger partial charge in [0, 0.05) is 11.1 Å². The molecule has 1 aromatic carbocycles. The average molecular weight is 380 g/mol. The molecule has 3 rings (SSSR count). The molecule has 2 aromatic heterocycles. The van der Waals surface area contributed by atoms with E-state index in [2.05, 4.69) is 24.1 Å². The second-order valence-electron chi connectivity index (χ2n) is 5.64. The second kappa shape index (κ2) is 6.59. The smallest absolute Gasteiger partial charge is 0.268 e. The van der Waals surface area contributed by atoms with E-state index in [0.717, 1.165) is 15.9 Å². The van der Waals surface area contributed by atoms with Crippen LogP contribution >= 0.6 is 34.5 Å². The zero-order valence-corrected chi connectivity index (χ0v) is 15.4. The van der Waals surface area contributed by atoms with Crippen LogP contribution in [0.3, 0.4) is 0 Å². The van der Waals surface area contributed by atoms with Crippen molar-refractivity contribution in [3.8, 4) is 0 Å². The Labute approximate surface area is 153 Å². The summed E-state index contributed by atoms with van der Waals surface area (Å²) in [6.07, 6.45) is 0. The van der Waals surface area contributed by atoms with E-state index < -0.39 is 0 Å². The molecule has 4 nitrogen and oxygen atoms in total. The normalized spacial score (nSPS) is 11.2. The molecule has 0 bridgehead atoms. The highest BCUT2D eigenvalue weighted by Gasteiger charge is 2.19. The highest BCUT2D eigenvalue weighted by atomic mass is 35.5. The van der Waals surface area contributed by atoms with Crippen LogP contribution in [0.15, 0.2) is 30.3 Å². The molecule has 7 heteroatoms. The summed E-state index contributed by atoms with van der Waals surface area (Å²) in [5.41, 5.74) is 7.89. The van der Waals surface area contributed by atoms with Crippen LogP contribution in [0.5, 0.6) is 0 Å². The number of anilines is 2. The SMILES string of the molecule is CC(C)c1ccc2c(N)c(C(=O)Nc3c(Cl)cccc3Cl)sc2n1. The Morgan fingerprint density at radius 1 is 1.21 bits per heavy atom. The van der Waals surface area contributed by atoms with Gasteiger partial charge in [-0.2, -0.15) is 0 Å². The van der Waals surface area contributed by atoms with Crippen molar-refractivity contribution in [2.24, 2.45) is 0 Å². The van der Waals surface area contributed by atoms with Gasteiger partial charge < -0.3 is 11.1 Å². The fourth-order valence-corrected chi connectivity index (χ4v) is 3.78. The van der Waals surface area contributed by atoms with Gasteiger partial charge in [0.25, 0.3) is 5.91 Å². The molecule has 0 saturated heterocycles. The fourth-order valence-electron chi connectivity index (χ4n) is 2.29. The molecule has 2 heterocycles.